The van der Waals surface area contributed by atoms with Gasteiger partial charge < -0.3 is 9.64 Å². The van der Waals surface area contributed by atoms with Crippen molar-refractivity contribution in [1.82, 2.24) is 20.2 Å². The fourth-order valence-corrected chi connectivity index (χ4v) is 8.03. The summed E-state index contributed by atoms with van der Waals surface area (Å²) in [4.78, 5) is 18.0. The van der Waals surface area contributed by atoms with Gasteiger partial charge in [0.05, 0.1) is 12.2 Å². The topological polar surface area (TPSA) is 73.1 Å². The van der Waals surface area contributed by atoms with Gasteiger partial charge in [0, 0.05) is 29.2 Å². The molecule has 0 N–H and O–H groups in total. The molecular formula is C48H41N5O2S. The molecule has 8 aromatic rings. The number of benzene rings is 6. The number of aromatic nitrogens is 4. The van der Waals surface area contributed by atoms with Crippen LogP contribution in [0.15, 0.2) is 181 Å². The molecule has 0 amide bonds. The van der Waals surface area contributed by atoms with Gasteiger partial charge in [-0.25, -0.2) is 4.79 Å². The molecule has 0 bridgehead atoms. The molecule has 0 unspecified atom stereocenters. The van der Waals surface area contributed by atoms with E-state index in [-0.39, 0.29) is 5.97 Å². The first-order chi connectivity index (χ1) is 27.6. The Morgan fingerprint density at radius 1 is 0.696 bits per heavy atom. The van der Waals surface area contributed by atoms with Crippen molar-refractivity contribution in [2.24, 2.45) is 0 Å². The lowest BCUT2D eigenvalue weighted by atomic mass is 9.77. The van der Waals surface area contributed by atoms with Crippen molar-refractivity contribution in [1.29, 1.82) is 0 Å². The van der Waals surface area contributed by atoms with Gasteiger partial charge in [-0.2, -0.15) is 0 Å². The molecule has 0 aliphatic carbocycles. The zero-order chi connectivity index (χ0) is 38.2. The van der Waals surface area contributed by atoms with E-state index >= 15 is 0 Å². The molecule has 0 saturated carbocycles. The van der Waals surface area contributed by atoms with Crippen LogP contribution in [0.5, 0.6) is 0 Å². The first kappa shape index (κ1) is 36.3. The van der Waals surface area contributed by atoms with Gasteiger partial charge >= 0.3 is 5.97 Å². The molecule has 7 nitrogen and oxygen atoms in total. The van der Waals surface area contributed by atoms with E-state index < -0.39 is 5.54 Å². The standard InChI is InChI=1S/C48H41N5O2S/c1-2-55-47(54)38-16-14-23-42(34-38)52(32-31-43-24-15-33-56-43)35-36-27-29-37(30-28-36)44-25-12-13-26-45(44)46-49-51-53(50-46)48(39-17-6-3-7-18-39,40-19-8-4-9-20-40)41-21-10-5-11-22-41/h3-30,33-34H,2,31-32,35H2,1H3. The molecule has 0 saturated heterocycles. The second-order valence-electron chi connectivity index (χ2n) is 13.5. The molecule has 0 fully saturated rings. The molecule has 2 aromatic heterocycles. The lowest BCUT2D eigenvalue weighted by molar-refractivity contribution is 0.0526. The Labute approximate surface area is 331 Å². The van der Waals surface area contributed by atoms with Crippen LogP contribution < -0.4 is 4.90 Å². The van der Waals surface area contributed by atoms with Gasteiger partial charge in [-0.15, -0.1) is 26.3 Å². The number of anilines is 1. The van der Waals surface area contributed by atoms with Crippen LogP contribution in [0.4, 0.5) is 5.69 Å². The van der Waals surface area contributed by atoms with Crippen LogP contribution in [-0.2, 0) is 23.2 Å². The Bertz CT molecular complexity index is 2390. The van der Waals surface area contributed by atoms with Crippen molar-refractivity contribution in [3.8, 4) is 22.5 Å². The van der Waals surface area contributed by atoms with E-state index in [9.17, 15) is 4.79 Å². The quantitative estimate of drug-likeness (QED) is 0.0814. The minimum Gasteiger partial charge on any atom is -0.462 e. The van der Waals surface area contributed by atoms with Gasteiger partial charge in [0.1, 0.15) is 0 Å². The molecular weight excluding hydrogens is 711 g/mol. The van der Waals surface area contributed by atoms with Gasteiger partial charge in [0.2, 0.25) is 5.82 Å². The largest absolute Gasteiger partial charge is 0.462 e. The van der Waals surface area contributed by atoms with E-state index in [1.807, 2.05) is 55.5 Å². The van der Waals surface area contributed by atoms with Crippen LogP contribution in [0, 0.1) is 0 Å². The van der Waals surface area contributed by atoms with Crippen LogP contribution in [0.3, 0.4) is 0 Å². The van der Waals surface area contributed by atoms with Crippen molar-refractivity contribution in [3.63, 3.8) is 0 Å². The maximum absolute atomic E-state index is 12.6. The van der Waals surface area contributed by atoms with Crippen molar-refractivity contribution >= 4 is 23.0 Å². The van der Waals surface area contributed by atoms with E-state index in [1.165, 1.54) is 4.88 Å². The molecule has 0 aliphatic rings. The Morgan fingerprint density at radius 3 is 1.93 bits per heavy atom. The highest BCUT2D eigenvalue weighted by Gasteiger charge is 2.41. The lowest BCUT2D eigenvalue weighted by Gasteiger charge is -2.34. The summed E-state index contributed by atoms with van der Waals surface area (Å²) in [6.45, 7) is 3.64. The van der Waals surface area contributed by atoms with Gasteiger partial charge in [0.15, 0.2) is 5.54 Å². The minimum absolute atomic E-state index is 0.309. The van der Waals surface area contributed by atoms with Gasteiger partial charge in [-0.3, -0.25) is 0 Å². The Hall–Kier alpha value is -6.64. The Kier molecular flexibility index (Phi) is 10.9. The SMILES string of the molecule is CCOC(=O)c1cccc(N(CCc2cccs2)Cc2ccc(-c3ccccc3-c3nnn(C(c4ccccc4)(c4ccccc4)c4ccccc4)n3)cc2)c1. The number of carbonyl (C=O) groups excluding carboxylic acids is 1. The summed E-state index contributed by atoms with van der Waals surface area (Å²) < 4.78 is 5.31. The molecule has 276 valence electrons. The summed E-state index contributed by atoms with van der Waals surface area (Å²) in [5.74, 6) is 0.231. The number of hydrogen-bond donors (Lipinski definition) is 0. The van der Waals surface area contributed by atoms with Crippen molar-refractivity contribution in [3.05, 3.63) is 214 Å². The number of tetrazole rings is 1. The monoisotopic (exact) mass is 751 g/mol. The zero-order valence-electron chi connectivity index (χ0n) is 31.1. The second kappa shape index (κ2) is 16.8. The van der Waals surface area contributed by atoms with E-state index in [0.29, 0.717) is 24.5 Å². The van der Waals surface area contributed by atoms with Gasteiger partial charge in [-0.05, 0) is 81.6 Å². The first-order valence-corrected chi connectivity index (χ1v) is 19.7. The molecule has 0 aliphatic heterocycles. The molecule has 0 radical (unpaired) electrons. The number of nitrogens with zero attached hydrogens (tertiary/aromatic N) is 5. The average molecular weight is 752 g/mol. The molecule has 8 heteroatoms. The number of hydrogen-bond acceptors (Lipinski definition) is 7. The maximum Gasteiger partial charge on any atom is 0.338 e. The summed E-state index contributed by atoms with van der Waals surface area (Å²) in [5.41, 5.74) is 7.87. The highest BCUT2D eigenvalue weighted by Crippen LogP contribution is 2.40. The van der Waals surface area contributed by atoms with E-state index in [2.05, 4.69) is 138 Å². The molecule has 2 heterocycles. The number of esters is 1. The molecule has 0 atom stereocenters. The number of carbonyl (C=O) groups is 1. The highest BCUT2D eigenvalue weighted by molar-refractivity contribution is 7.09. The van der Waals surface area contributed by atoms with Gasteiger partial charge in [-0.1, -0.05) is 152 Å². The number of ether oxygens (including phenoxy) is 1. The highest BCUT2D eigenvalue weighted by atomic mass is 32.1. The molecule has 56 heavy (non-hydrogen) atoms. The van der Waals surface area contributed by atoms with E-state index in [1.54, 1.807) is 16.1 Å². The van der Waals surface area contributed by atoms with Gasteiger partial charge in [0.25, 0.3) is 0 Å². The van der Waals surface area contributed by atoms with Crippen molar-refractivity contribution < 1.29 is 9.53 Å². The fraction of sp³-hybridized carbons (Fsp3) is 0.125. The minimum atomic E-state index is -0.864. The number of thiophene rings is 1. The van der Waals surface area contributed by atoms with E-state index in [0.717, 1.165) is 57.6 Å². The smallest absolute Gasteiger partial charge is 0.338 e. The predicted molar refractivity (Wildman–Crippen MR) is 225 cm³/mol. The lowest BCUT2D eigenvalue weighted by Crippen LogP contribution is -2.39. The Balaban J connectivity index is 1.12. The third kappa shape index (κ3) is 7.52. The third-order valence-corrected chi connectivity index (χ3v) is 11.0. The Morgan fingerprint density at radius 2 is 1.32 bits per heavy atom. The first-order valence-electron chi connectivity index (χ1n) is 18.8. The zero-order valence-corrected chi connectivity index (χ0v) is 31.9. The summed E-state index contributed by atoms with van der Waals surface area (Å²) in [6, 6.07) is 60.0. The van der Waals surface area contributed by atoms with Crippen LogP contribution in [-0.4, -0.2) is 39.3 Å². The van der Waals surface area contributed by atoms with Crippen molar-refractivity contribution in [2.75, 3.05) is 18.1 Å². The maximum atomic E-state index is 12.6. The fourth-order valence-electron chi connectivity index (χ4n) is 7.33. The van der Waals surface area contributed by atoms with Crippen LogP contribution >= 0.6 is 11.3 Å². The summed E-state index contributed by atoms with van der Waals surface area (Å²) in [6.07, 6.45) is 0.903. The normalized spacial score (nSPS) is 11.3. The van der Waals surface area contributed by atoms with Crippen molar-refractivity contribution in [2.45, 2.75) is 25.4 Å². The molecule has 6 aromatic carbocycles. The third-order valence-electron chi connectivity index (χ3n) is 10.0. The van der Waals surface area contributed by atoms with Crippen LogP contribution in [0.1, 0.15) is 44.4 Å². The summed E-state index contributed by atoms with van der Waals surface area (Å²) in [7, 11) is 0. The molecule has 0 spiro atoms. The van der Waals surface area contributed by atoms with Crippen LogP contribution in [0.2, 0.25) is 0 Å². The van der Waals surface area contributed by atoms with E-state index in [4.69, 9.17) is 20.1 Å². The van der Waals surface area contributed by atoms with Crippen LogP contribution in [0.25, 0.3) is 22.5 Å². The number of rotatable bonds is 14. The average Bonchev–Trinajstić information content (AvgIpc) is 3.98. The molecule has 8 rings (SSSR count). The predicted octanol–water partition coefficient (Wildman–Crippen LogP) is 10.3. The second-order valence-corrected chi connectivity index (χ2v) is 14.5. The summed E-state index contributed by atoms with van der Waals surface area (Å²) >= 11 is 1.76. The summed E-state index contributed by atoms with van der Waals surface area (Å²) in [5, 5.41) is 16.8.